The lowest BCUT2D eigenvalue weighted by molar-refractivity contribution is 0.515. The SMILES string of the molecule is CC(C)(C)C1=[C]([Mg][C]2=C(C(C)(C)C)C=CC2)CC=C1. The minimum atomic E-state index is -0.256. The number of rotatable bonds is 2. The summed E-state index contributed by atoms with van der Waals surface area (Å²) in [6.07, 6.45) is 11.9. The molecular formula is C18H26Mg. The number of hydrogen-bond acceptors (Lipinski definition) is 0. The maximum Gasteiger partial charge on any atom is 0.439 e. The molecule has 0 spiro atoms. The van der Waals surface area contributed by atoms with Crippen LogP contribution in [0, 0.1) is 10.8 Å². The third kappa shape index (κ3) is 3.43. The van der Waals surface area contributed by atoms with Gasteiger partial charge in [0.05, 0.1) is 0 Å². The van der Waals surface area contributed by atoms with Gasteiger partial charge in [-0.05, 0) is 23.7 Å². The topological polar surface area (TPSA) is 0 Å². The van der Waals surface area contributed by atoms with Crippen LogP contribution in [0.1, 0.15) is 54.4 Å². The van der Waals surface area contributed by atoms with Crippen LogP contribution in [0.2, 0.25) is 0 Å². The zero-order valence-electron chi connectivity index (χ0n) is 13.4. The quantitative estimate of drug-likeness (QED) is 0.602. The lowest BCUT2D eigenvalue weighted by Gasteiger charge is -2.25. The van der Waals surface area contributed by atoms with E-state index in [2.05, 4.69) is 65.8 Å². The lowest BCUT2D eigenvalue weighted by Crippen LogP contribution is -2.15. The van der Waals surface area contributed by atoms with E-state index in [4.69, 9.17) is 0 Å². The predicted octanol–water partition coefficient (Wildman–Crippen LogP) is 5.21. The third-order valence-corrected chi connectivity index (χ3v) is 6.29. The van der Waals surface area contributed by atoms with Crippen LogP contribution in [0.4, 0.5) is 0 Å². The van der Waals surface area contributed by atoms with E-state index in [1.54, 1.807) is 18.6 Å². The first-order chi connectivity index (χ1) is 8.69. The van der Waals surface area contributed by atoms with Gasteiger partial charge in [0.2, 0.25) is 0 Å². The monoisotopic (exact) mass is 266 g/mol. The smallest absolute Gasteiger partial charge is 0.179 e. The van der Waals surface area contributed by atoms with Crippen LogP contribution in [0.15, 0.2) is 42.9 Å². The van der Waals surface area contributed by atoms with Gasteiger partial charge in [-0.15, -0.1) is 0 Å². The van der Waals surface area contributed by atoms with Crippen molar-refractivity contribution in [2.24, 2.45) is 10.8 Å². The number of hydrogen-bond donors (Lipinski definition) is 0. The van der Waals surface area contributed by atoms with Crippen LogP contribution < -0.4 is 0 Å². The molecule has 0 atom stereocenters. The molecule has 0 aromatic rings. The van der Waals surface area contributed by atoms with Crippen LogP contribution in [0.3, 0.4) is 0 Å². The largest absolute Gasteiger partial charge is 0.439 e. The Hall–Kier alpha value is -0.274. The van der Waals surface area contributed by atoms with Crippen molar-refractivity contribution in [3.63, 3.8) is 0 Å². The van der Waals surface area contributed by atoms with Gasteiger partial charge < -0.3 is 0 Å². The molecule has 2 aliphatic rings. The summed E-state index contributed by atoms with van der Waals surface area (Å²) in [5.41, 5.74) is 3.85. The number of allylic oxidation sites excluding steroid dienone is 8. The molecule has 0 aliphatic heterocycles. The van der Waals surface area contributed by atoms with Crippen molar-refractivity contribution in [3.8, 4) is 0 Å². The van der Waals surface area contributed by atoms with Gasteiger partial charge >= 0.3 is 20.4 Å². The molecule has 0 bridgehead atoms. The van der Waals surface area contributed by atoms with Crippen LogP contribution in [-0.4, -0.2) is 20.4 Å². The van der Waals surface area contributed by atoms with Crippen molar-refractivity contribution in [1.29, 1.82) is 0 Å². The third-order valence-electron chi connectivity index (χ3n) is 4.10. The summed E-state index contributed by atoms with van der Waals surface area (Å²) in [5, 5.41) is 0. The van der Waals surface area contributed by atoms with Crippen LogP contribution in [0.5, 0.6) is 0 Å². The van der Waals surface area contributed by atoms with E-state index in [0.29, 0.717) is 10.8 Å². The van der Waals surface area contributed by atoms with Gasteiger partial charge in [-0.25, -0.2) is 0 Å². The highest BCUT2D eigenvalue weighted by Crippen LogP contribution is 2.38. The van der Waals surface area contributed by atoms with Crippen LogP contribution in [0.25, 0.3) is 0 Å². The average molecular weight is 267 g/mol. The Morgan fingerprint density at radius 3 is 1.42 bits per heavy atom. The standard InChI is InChI=1S/2C9H13.Mg/c2*1-9(2,3)8-6-4-5-7-8;/h2*4,6H,5H2,1-3H3;. The highest BCUT2D eigenvalue weighted by molar-refractivity contribution is 6.55. The summed E-state index contributed by atoms with van der Waals surface area (Å²) < 4.78 is 3.54. The van der Waals surface area contributed by atoms with Crippen molar-refractivity contribution in [1.82, 2.24) is 0 Å². The molecule has 0 radical (unpaired) electrons. The predicted molar refractivity (Wildman–Crippen MR) is 86.2 cm³/mol. The van der Waals surface area contributed by atoms with Gasteiger partial charge in [-0.3, -0.25) is 0 Å². The molecule has 0 fully saturated rings. The summed E-state index contributed by atoms with van der Waals surface area (Å²) >= 11 is -0.256. The van der Waals surface area contributed by atoms with Crippen molar-refractivity contribution in [2.45, 2.75) is 54.4 Å². The van der Waals surface area contributed by atoms with E-state index in [9.17, 15) is 0 Å². The molecule has 0 nitrogen and oxygen atoms in total. The molecule has 19 heavy (non-hydrogen) atoms. The summed E-state index contributed by atoms with van der Waals surface area (Å²) in [6, 6.07) is 0. The summed E-state index contributed by atoms with van der Waals surface area (Å²) in [6.45, 7) is 14.1. The van der Waals surface area contributed by atoms with Crippen LogP contribution >= 0.6 is 0 Å². The summed E-state index contributed by atoms with van der Waals surface area (Å²) in [5.74, 6) is 0. The van der Waals surface area contributed by atoms with Gasteiger partial charge in [0.15, 0.2) is 0 Å². The second-order valence-electron chi connectivity index (χ2n) is 7.92. The van der Waals surface area contributed by atoms with Gasteiger partial charge in [-0.1, -0.05) is 77.0 Å². The zero-order chi connectivity index (χ0) is 14.3. The van der Waals surface area contributed by atoms with E-state index >= 15 is 0 Å². The van der Waals surface area contributed by atoms with Gasteiger partial charge in [0.25, 0.3) is 0 Å². The second-order valence-corrected chi connectivity index (χ2v) is 9.98. The first kappa shape index (κ1) is 15.1. The molecule has 0 aromatic carbocycles. The summed E-state index contributed by atoms with van der Waals surface area (Å²) in [4.78, 5) is 0. The minimum absolute atomic E-state index is 0.256. The Morgan fingerprint density at radius 2 is 1.11 bits per heavy atom. The lowest BCUT2D eigenvalue weighted by atomic mass is 9.87. The highest BCUT2D eigenvalue weighted by atomic mass is 24.5. The Kier molecular flexibility index (Phi) is 4.18. The van der Waals surface area contributed by atoms with Crippen molar-refractivity contribution < 1.29 is 0 Å². The molecule has 0 saturated heterocycles. The van der Waals surface area contributed by atoms with E-state index in [1.165, 1.54) is 12.8 Å². The fourth-order valence-electron chi connectivity index (χ4n) is 3.25. The first-order valence-corrected chi connectivity index (χ1v) is 8.89. The van der Waals surface area contributed by atoms with Crippen molar-refractivity contribution in [2.75, 3.05) is 0 Å². The average Bonchev–Trinajstić information content (AvgIpc) is 2.83. The maximum atomic E-state index is 2.38. The van der Waals surface area contributed by atoms with Gasteiger partial charge in [-0.2, -0.15) is 7.40 Å². The van der Waals surface area contributed by atoms with Gasteiger partial charge in [0, 0.05) is 0 Å². The Morgan fingerprint density at radius 1 is 0.737 bits per heavy atom. The molecule has 2 rings (SSSR count). The fourth-order valence-corrected chi connectivity index (χ4v) is 6.06. The highest BCUT2D eigenvalue weighted by Gasteiger charge is 2.26. The Labute approximate surface area is 128 Å². The minimum Gasteiger partial charge on any atom is -0.179 e. The van der Waals surface area contributed by atoms with Crippen LogP contribution in [-0.2, 0) is 0 Å². The molecule has 0 N–H and O–H groups in total. The zero-order valence-corrected chi connectivity index (χ0v) is 14.8. The first-order valence-electron chi connectivity index (χ1n) is 7.47. The molecule has 0 saturated carbocycles. The van der Waals surface area contributed by atoms with Gasteiger partial charge in [0.1, 0.15) is 0 Å². The Balaban J connectivity index is 2.28. The maximum absolute atomic E-state index is 2.38. The van der Waals surface area contributed by atoms with Crippen molar-refractivity contribution >= 4 is 20.4 Å². The molecule has 0 heterocycles. The molecule has 1 heteroatoms. The Bertz CT molecular complexity index is 439. The van der Waals surface area contributed by atoms with E-state index in [1.807, 2.05) is 0 Å². The molecule has 2 aliphatic carbocycles. The molecule has 100 valence electrons. The van der Waals surface area contributed by atoms with E-state index < -0.39 is 0 Å². The molecule has 0 amide bonds. The fraction of sp³-hybridized carbons (Fsp3) is 0.556. The normalized spacial score (nSPS) is 19.7. The van der Waals surface area contributed by atoms with Crippen molar-refractivity contribution in [3.05, 3.63) is 42.9 Å². The molecule has 0 unspecified atom stereocenters. The van der Waals surface area contributed by atoms with E-state index in [0.717, 1.165) is 0 Å². The molecular weight excluding hydrogens is 241 g/mol. The van der Waals surface area contributed by atoms with E-state index in [-0.39, 0.29) is 20.4 Å². The second kappa shape index (κ2) is 5.25. The molecule has 0 aromatic heterocycles. The summed E-state index contributed by atoms with van der Waals surface area (Å²) in [7, 11) is 0.